The highest BCUT2D eigenvalue weighted by molar-refractivity contribution is 6.33. The van der Waals surface area contributed by atoms with E-state index >= 15 is 0 Å². The fourth-order valence-corrected chi connectivity index (χ4v) is 6.81. The SMILES string of the molecule is CC(C)(C[C@]1(c2ccc(-c3cnn(C4CC4)n3)cc2)N=C(N)N([C@H](COC(=O)NC2(C(F)F)CC2)c2ccc(Cl)c(-c3ncnn3C(F)F)c2)C1=O)C(F)(F)F.Cl. The number of aromatic nitrogens is 6. The number of carbonyl (C=O) groups excluding carboxylic acids is 2. The molecule has 0 unspecified atom stereocenters. The molecule has 3 heterocycles. The Kier molecular flexibility index (Phi) is 11.0. The van der Waals surface area contributed by atoms with Crippen LogP contribution in [0.3, 0.4) is 0 Å². The van der Waals surface area contributed by atoms with Gasteiger partial charge in [0.15, 0.2) is 17.3 Å². The standard InChI is InChI=1S/C35H34ClF7N10O3.ClH/c1-32(2,35(41,42)43)16-34(20-6-3-18(4-7-20)24-14-46-53(50-24)21-8-9-21)28(54)51(30(44)48-34)25(15-56-31(55)49-33(11-12-33)27(37)38)19-5-10-23(36)22(13-19)26-45-17-47-52(26)29(39)40;/h3-7,10,13-14,17,21,25,27,29H,8-9,11-12,15-16H2,1-2H3,(H2,44,48)(H,49,55);1H/t25-,34-;/m1./s1. The quantitative estimate of drug-likeness (QED) is 0.130. The zero-order chi connectivity index (χ0) is 40.4. The van der Waals surface area contributed by atoms with Gasteiger partial charge in [0.25, 0.3) is 12.3 Å². The van der Waals surface area contributed by atoms with Gasteiger partial charge in [-0.2, -0.15) is 46.7 Å². The lowest BCUT2D eigenvalue weighted by molar-refractivity contribution is -0.218. The average molecular weight is 848 g/mol. The lowest BCUT2D eigenvalue weighted by atomic mass is 9.74. The monoisotopic (exact) mass is 846 g/mol. The number of rotatable bonds is 13. The number of nitrogens with one attached hydrogen (secondary N) is 1. The van der Waals surface area contributed by atoms with E-state index in [1.165, 1.54) is 30.3 Å². The van der Waals surface area contributed by atoms with Crippen LogP contribution in [0.25, 0.3) is 22.6 Å². The molecule has 2 fully saturated rings. The second kappa shape index (κ2) is 15.1. The van der Waals surface area contributed by atoms with Crippen molar-refractivity contribution < 1.29 is 45.1 Å². The van der Waals surface area contributed by atoms with E-state index in [-0.39, 0.29) is 63.5 Å². The summed E-state index contributed by atoms with van der Waals surface area (Å²) in [5.41, 5.74) is 0.820. The molecular weight excluding hydrogens is 812 g/mol. The highest BCUT2D eigenvalue weighted by Crippen LogP contribution is 2.51. The average Bonchev–Trinajstić information content (AvgIpc) is 4.00. The number of hydrogen-bond acceptors (Lipinski definition) is 9. The van der Waals surface area contributed by atoms with Gasteiger partial charge in [0.05, 0.1) is 28.7 Å². The summed E-state index contributed by atoms with van der Waals surface area (Å²) in [6.07, 6.45) is -5.70. The van der Waals surface area contributed by atoms with Crippen LogP contribution in [0.2, 0.25) is 5.02 Å². The van der Waals surface area contributed by atoms with Gasteiger partial charge < -0.3 is 15.8 Å². The molecule has 13 nitrogen and oxygen atoms in total. The van der Waals surface area contributed by atoms with Crippen LogP contribution in [0, 0.1) is 5.41 Å². The topological polar surface area (TPSA) is 158 Å². The van der Waals surface area contributed by atoms with E-state index in [4.69, 9.17) is 22.1 Å². The molecule has 3 N–H and O–H groups in total. The summed E-state index contributed by atoms with van der Waals surface area (Å²) in [6, 6.07) is 8.53. The van der Waals surface area contributed by atoms with Gasteiger partial charge in [0.1, 0.15) is 24.2 Å². The second-order valence-electron chi connectivity index (χ2n) is 14.7. The number of alkyl carbamates (subject to hydrolysis) is 1. The summed E-state index contributed by atoms with van der Waals surface area (Å²) in [7, 11) is 0. The Balaban J connectivity index is 0.00000549. The maximum atomic E-state index is 14.9. The minimum absolute atomic E-state index is 0. The van der Waals surface area contributed by atoms with Gasteiger partial charge in [-0.15, -0.1) is 12.4 Å². The lowest BCUT2D eigenvalue weighted by Crippen LogP contribution is -2.49. The highest BCUT2D eigenvalue weighted by atomic mass is 35.5. The van der Waals surface area contributed by atoms with Gasteiger partial charge in [-0.25, -0.2) is 23.6 Å². The van der Waals surface area contributed by atoms with E-state index in [0.29, 0.717) is 11.3 Å². The third-order valence-corrected chi connectivity index (χ3v) is 10.6. The van der Waals surface area contributed by atoms with Crippen molar-refractivity contribution in [2.24, 2.45) is 16.1 Å². The third-order valence-electron chi connectivity index (χ3n) is 10.2. The minimum atomic E-state index is -4.82. The lowest BCUT2D eigenvalue weighted by Gasteiger charge is -2.37. The number of carbonyl (C=O) groups is 2. The van der Waals surface area contributed by atoms with Gasteiger partial charge in [0, 0.05) is 11.1 Å². The fourth-order valence-electron chi connectivity index (χ4n) is 6.61. The Bertz CT molecular complexity index is 2170. The first-order valence-electron chi connectivity index (χ1n) is 17.3. The first-order valence-corrected chi connectivity index (χ1v) is 17.7. The number of hydrogen-bond donors (Lipinski definition) is 2. The predicted molar refractivity (Wildman–Crippen MR) is 192 cm³/mol. The molecule has 1 aliphatic heterocycles. The van der Waals surface area contributed by atoms with Crippen molar-refractivity contribution in [1.29, 1.82) is 0 Å². The molecule has 2 amide bonds. The fraction of sp³-hybridized carbons (Fsp3) is 0.457. The van der Waals surface area contributed by atoms with Crippen LogP contribution in [0.15, 0.2) is 60.0 Å². The van der Waals surface area contributed by atoms with E-state index in [2.05, 4.69) is 30.6 Å². The first-order chi connectivity index (χ1) is 26.4. The van der Waals surface area contributed by atoms with Crippen LogP contribution < -0.4 is 11.1 Å². The summed E-state index contributed by atoms with van der Waals surface area (Å²) in [6.45, 7) is -2.12. The molecule has 0 spiro atoms. The first kappa shape index (κ1) is 41.6. The van der Waals surface area contributed by atoms with Gasteiger partial charge in [-0.05, 0) is 55.4 Å². The van der Waals surface area contributed by atoms with E-state index in [1.54, 1.807) is 23.1 Å². The van der Waals surface area contributed by atoms with Crippen LogP contribution in [0.5, 0.6) is 0 Å². The molecule has 7 rings (SSSR count). The Morgan fingerprint density at radius 3 is 2.35 bits per heavy atom. The normalized spacial score (nSPS) is 19.8. The summed E-state index contributed by atoms with van der Waals surface area (Å²) in [5, 5.41) is 14.3. The van der Waals surface area contributed by atoms with E-state index in [1.807, 2.05) is 0 Å². The van der Waals surface area contributed by atoms with Crippen LogP contribution >= 0.6 is 24.0 Å². The van der Waals surface area contributed by atoms with Crippen LogP contribution in [-0.4, -0.2) is 77.4 Å². The summed E-state index contributed by atoms with van der Waals surface area (Å²) in [5.74, 6) is -2.01. The van der Waals surface area contributed by atoms with Crippen molar-refractivity contribution in [1.82, 2.24) is 40.0 Å². The van der Waals surface area contributed by atoms with Gasteiger partial charge in [0.2, 0.25) is 0 Å². The number of ether oxygens (including phenoxy) is 1. The Morgan fingerprint density at radius 2 is 1.75 bits per heavy atom. The van der Waals surface area contributed by atoms with Crippen molar-refractivity contribution in [3.8, 4) is 22.6 Å². The number of guanidine groups is 1. The molecule has 2 atom stereocenters. The smallest absolute Gasteiger partial charge is 0.407 e. The molecule has 3 aliphatic rings. The molecule has 306 valence electrons. The maximum Gasteiger partial charge on any atom is 0.407 e. The molecule has 2 aromatic heterocycles. The van der Waals surface area contributed by atoms with Crippen molar-refractivity contribution in [3.05, 3.63) is 71.1 Å². The summed E-state index contributed by atoms with van der Waals surface area (Å²) in [4.78, 5) is 38.5. The largest absolute Gasteiger partial charge is 0.447 e. The molecule has 0 radical (unpaired) electrons. The van der Waals surface area contributed by atoms with Crippen molar-refractivity contribution in [2.75, 3.05) is 6.61 Å². The number of aliphatic imine (C=N–C) groups is 1. The molecule has 0 bridgehead atoms. The number of benzene rings is 2. The van der Waals surface area contributed by atoms with E-state index < -0.39 is 72.7 Å². The number of nitrogens with zero attached hydrogens (tertiary/aromatic N) is 8. The second-order valence-corrected chi connectivity index (χ2v) is 15.1. The summed E-state index contributed by atoms with van der Waals surface area (Å²) < 4.78 is 104. The van der Waals surface area contributed by atoms with Gasteiger partial charge in [-0.1, -0.05) is 55.8 Å². The molecule has 22 heteroatoms. The number of nitrogens with two attached hydrogens (primary N) is 1. The van der Waals surface area contributed by atoms with Crippen LogP contribution in [-0.2, 0) is 15.1 Å². The Labute approximate surface area is 331 Å². The minimum Gasteiger partial charge on any atom is -0.447 e. The third kappa shape index (κ3) is 7.84. The molecule has 4 aromatic rings. The molecule has 2 aliphatic carbocycles. The van der Waals surface area contributed by atoms with Crippen molar-refractivity contribution >= 4 is 42.0 Å². The van der Waals surface area contributed by atoms with Crippen LogP contribution in [0.4, 0.5) is 35.5 Å². The number of amides is 2. The molecule has 2 saturated carbocycles. The van der Waals surface area contributed by atoms with Crippen molar-refractivity contribution in [2.45, 2.75) is 88.3 Å². The number of alkyl halides is 7. The maximum absolute atomic E-state index is 14.9. The zero-order valence-corrected chi connectivity index (χ0v) is 31.6. The predicted octanol–water partition coefficient (Wildman–Crippen LogP) is 7.60. The van der Waals surface area contributed by atoms with Crippen LogP contribution in [0.1, 0.15) is 75.7 Å². The molecule has 57 heavy (non-hydrogen) atoms. The van der Waals surface area contributed by atoms with E-state index in [0.717, 1.165) is 37.9 Å². The number of halogens is 9. The highest BCUT2D eigenvalue weighted by Gasteiger charge is 2.59. The zero-order valence-electron chi connectivity index (χ0n) is 30.1. The Hall–Kier alpha value is -4.98. The van der Waals surface area contributed by atoms with Gasteiger partial charge >= 0.3 is 18.8 Å². The van der Waals surface area contributed by atoms with E-state index in [9.17, 15) is 40.3 Å². The Morgan fingerprint density at radius 1 is 1.07 bits per heavy atom. The molecule has 0 saturated heterocycles. The molecule has 2 aromatic carbocycles. The van der Waals surface area contributed by atoms with Gasteiger partial charge in [-0.3, -0.25) is 9.69 Å². The summed E-state index contributed by atoms with van der Waals surface area (Å²) >= 11 is 6.40. The van der Waals surface area contributed by atoms with Crippen molar-refractivity contribution in [3.63, 3.8) is 0 Å². The molecular formula is C35H35Cl2F7N10O3.